The number of imide groups is 1. The standard InChI is InChI=1S/C22H25N3O5/c1-29-17-6-4-16(5-7-17)8-9-25-20(26)15-18(21(25)27)23-10-12-24(13-11-23)22(28)19-3-2-14-30-19/h2-7,14,18H,8-13,15H2,1H3/t18-/m1/s1. The fourth-order valence-electron chi connectivity index (χ4n) is 4.01. The summed E-state index contributed by atoms with van der Waals surface area (Å²) in [5.41, 5.74) is 1.05. The van der Waals surface area contributed by atoms with Gasteiger partial charge in [0.05, 0.1) is 25.8 Å². The molecule has 1 aromatic carbocycles. The molecule has 0 aliphatic carbocycles. The van der Waals surface area contributed by atoms with Crippen molar-refractivity contribution in [2.24, 2.45) is 0 Å². The van der Waals surface area contributed by atoms with Crippen LogP contribution in [0.25, 0.3) is 0 Å². The highest BCUT2D eigenvalue weighted by Crippen LogP contribution is 2.22. The lowest BCUT2D eigenvalue weighted by atomic mass is 10.1. The molecule has 1 aromatic heterocycles. The first-order valence-corrected chi connectivity index (χ1v) is 10.1. The van der Waals surface area contributed by atoms with Crippen molar-refractivity contribution in [1.29, 1.82) is 0 Å². The summed E-state index contributed by atoms with van der Waals surface area (Å²) in [5.74, 6) is 0.679. The molecule has 158 valence electrons. The van der Waals surface area contributed by atoms with E-state index in [9.17, 15) is 14.4 Å². The maximum absolute atomic E-state index is 12.9. The van der Waals surface area contributed by atoms with Crippen molar-refractivity contribution in [2.75, 3.05) is 39.8 Å². The Bertz CT molecular complexity index is 901. The molecule has 3 heterocycles. The molecule has 8 heteroatoms. The summed E-state index contributed by atoms with van der Waals surface area (Å²) < 4.78 is 10.3. The Kier molecular flexibility index (Phi) is 5.85. The second kappa shape index (κ2) is 8.71. The maximum atomic E-state index is 12.9. The minimum atomic E-state index is -0.436. The predicted octanol–water partition coefficient (Wildman–Crippen LogP) is 1.42. The third-order valence-electron chi connectivity index (χ3n) is 5.78. The van der Waals surface area contributed by atoms with E-state index in [1.54, 1.807) is 24.1 Å². The van der Waals surface area contributed by atoms with Crippen LogP contribution in [0.2, 0.25) is 0 Å². The molecule has 0 spiro atoms. The Labute approximate surface area is 175 Å². The molecule has 0 N–H and O–H groups in total. The van der Waals surface area contributed by atoms with Crippen molar-refractivity contribution in [3.05, 3.63) is 54.0 Å². The highest BCUT2D eigenvalue weighted by atomic mass is 16.5. The first kappa shape index (κ1) is 20.2. The summed E-state index contributed by atoms with van der Waals surface area (Å²) in [6.07, 6.45) is 2.29. The summed E-state index contributed by atoms with van der Waals surface area (Å²) in [7, 11) is 1.61. The van der Waals surface area contributed by atoms with E-state index in [0.29, 0.717) is 44.9 Å². The Morgan fingerprint density at radius 2 is 1.83 bits per heavy atom. The third kappa shape index (κ3) is 4.09. The summed E-state index contributed by atoms with van der Waals surface area (Å²) >= 11 is 0. The number of furan rings is 1. The number of ether oxygens (including phenoxy) is 1. The van der Waals surface area contributed by atoms with Gasteiger partial charge in [-0.15, -0.1) is 0 Å². The molecule has 0 bridgehead atoms. The van der Waals surface area contributed by atoms with E-state index < -0.39 is 6.04 Å². The highest BCUT2D eigenvalue weighted by molar-refractivity contribution is 6.05. The fraction of sp³-hybridized carbons (Fsp3) is 0.409. The zero-order valence-electron chi connectivity index (χ0n) is 17.0. The lowest BCUT2D eigenvalue weighted by Crippen LogP contribution is -2.53. The molecule has 0 saturated carbocycles. The second-order valence-corrected chi connectivity index (χ2v) is 7.51. The summed E-state index contributed by atoms with van der Waals surface area (Å²) in [6, 6.07) is 10.5. The number of hydrogen-bond acceptors (Lipinski definition) is 6. The van der Waals surface area contributed by atoms with E-state index in [0.717, 1.165) is 11.3 Å². The van der Waals surface area contributed by atoms with Gasteiger partial charge in [-0.25, -0.2) is 0 Å². The molecule has 8 nitrogen and oxygen atoms in total. The van der Waals surface area contributed by atoms with Crippen LogP contribution in [-0.2, 0) is 16.0 Å². The summed E-state index contributed by atoms with van der Waals surface area (Å²) in [6.45, 7) is 2.50. The Morgan fingerprint density at radius 3 is 2.47 bits per heavy atom. The van der Waals surface area contributed by atoms with Crippen molar-refractivity contribution in [3.8, 4) is 5.75 Å². The van der Waals surface area contributed by atoms with Crippen LogP contribution >= 0.6 is 0 Å². The Morgan fingerprint density at radius 1 is 1.10 bits per heavy atom. The van der Waals surface area contributed by atoms with Gasteiger partial charge in [-0.05, 0) is 36.2 Å². The van der Waals surface area contributed by atoms with E-state index >= 15 is 0 Å². The number of benzene rings is 1. The van der Waals surface area contributed by atoms with Gasteiger partial charge in [-0.3, -0.25) is 24.2 Å². The molecule has 4 rings (SSSR count). The van der Waals surface area contributed by atoms with Crippen LogP contribution in [0.1, 0.15) is 22.5 Å². The van der Waals surface area contributed by atoms with Crippen LogP contribution in [0.4, 0.5) is 0 Å². The van der Waals surface area contributed by atoms with Gasteiger partial charge in [0.1, 0.15) is 5.75 Å². The van der Waals surface area contributed by atoms with E-state index in [4.69, 9.17) is 9.15 Å². The van der Waals surface area contributed by atoms with E-state index in [1.807, 2.05) is 29.2 Å². The molecule has 2 aromatic rings. The van der Waals surface area contributed by atoms with E-state index in [1.165, 1.54) is 11.2 Å². The maximum Gasteiger partial charge on any atom is 0.289 e. The van der Waals surface area contributed by atoms with Gasteiger partial charge in [0.15, 0.2) is 5.76 Å². The summed E-state index contributed by atoms with van der Waals surface area (Å²) in [5, 5.41) is 0. The van der Waals surface area contributed by atoms with Gasteiger partial charge in [0, 0.05) is 32.7 Å². The van der Waals surface area contributed by atoms with Gasteiger partial charge in [0.25, 0.3) is 5.91 Å². The van der Waals surface area contributed by atoms with Crippen molar-refractivity contribution in [3.63, 3.8) is 0 Å². The van der Waals surface area contributed by atoms with Gasteiger partial charge in [0.2, 0.25) is 11.8 Å². The smallest absolute Gasteiger partial charge is 0.289 e. The monoisotopic (exact) mass is 411 g/mol. The molecule has 0 unspecified atom stereocenters. The number of nitrogens with zero attached hydrogens (tertiary/aromatic N) is 3. The first-order valence-electron chi connectivity index (χ1n) is 10.1. The van der Waals surface area contributed by atoms with Crippen LogP contribution in [0.15, 0.2) is 47.1 Å². The van der Waals surface area contributed by atoms with Crippen LogP contribution in [0, 0.1) is 0 Å². The third-order valence-corrected chi connectivity index (χ3v) is 5.78. The van der Waals surface area contributed by atoms with Crippen molar-refractivity contribution in [2.45, 2.75) is 18.9 Å². The number of carbonyl (C=O) groups excluding carboxylic acids is 3. The van der Waals surface area contributed by atoms with Crippen LogP contribution in [-0.4, -0.2) is 78.3 Å². The van der Waals surface area contributed by atoms with Crippen LogP contribution < -0.4 is 4.74 Å². The topological polar surface area (TPSA) is 83.3 Å². The average Bonchev–Trinajstić information content (AvgIpc) is 3.41. The number of likely N-dealkylation sites (tertiary alicyclic amines) is 1. The highest BCUT2D eigenvalue weighted by Gasteiger charge is 2.42. The van der Waals surface area contributed by atoms with E-state index in [-0.39, 0.29) is 24.1 Å². The molecule has 2 aliphatic heterocycles. The van der Waals surface area contributed by atoms with Crippen molar-refractivity contribution in [1.82, 2.24) is 14.7 Å². The van der Waals surface area contributed by atoms with Gasteiger partial charge < -0.3 is 14.1 Å². The minimum absolute atomic E-state index is 0.132. The van der Waals surface area contributed by atoms with Gasteiger partial charge in [-0.2, -0.15) is 0 Å². The molecule has 30 heavy (non-hydrogen) atoms. The lowest BCUT2D eigenvalue weighted by molar-refractivity contribution is -0.139. The number of piperazine rings is 1. The molecule has 2 aliphatic rings. The molecule has 3 amide bonds. The van der Waals surface area contributed by atoms with Crippen molar-refractivity contribution < 1.29 is 23.5 Å². The Balaban J connectivity index is 1.31. The van der Waals surface area contributed by atoms with Crippen LogP contribution in [0.3, 0.4) is 0 Å². The number of carbonyl (C=O) groups is 3. The molecule has 2 fully saturated rings. The van der Waals surface area contributed by atoms with Gasteiger partial charge in [-0.1, -0.05) is 12.1 Å². The zero-order valence-corrected chi connectivity index (χ0v) is 17.0. The Hall–Kier alpha value is -3.13. The lowest BCUT2D eigenvalue weighted by Gasteiger charge is -2.36. The zero-order chi connectivity index (χ0) is 21.1. The molecule has 2 saturated heterocycles. The largest absolute Gasteiger partial charge is 0.497 e. The van der Waals surface area contributed by atoms with E-state index in [2.05, 4.69) is 0 Å². The molecular weight excluding hydrogens is 386 g/mol. The predicted molar refractivity (Wildman–Crippen MR) is 108 cm³/mol. The average molecular weight is 411 g/mol. The number of hydrogen-bond donors (Lipinski definition) is 0. The molecule has 0 radical (unpaired) electrons. The minimum Gasteiger partial charge on any atom is -0.497 e. The number of amides is 3. The SMILES string of the molecule is COc1ccc(CCN2C(=O)C[C@@H](N3CCN(C(=O)c4ccco4)CC3)C2=O)cc1. The molecule has 1 atom stereocenters. The second-order valence-electron chi connectivity index (χ2n) is 7.51. The normalized spacial score (nSPS) is 20.1. The molecular formula is C22H25N3O5. The van der Waals surface area contributed by atoms with Gasteiger partial charge >= 0.3 is 0 Å². The quantitative estimate of drug-likeness (QED) is 0.669. The van der Waals surface area contributed by atoms with Crippen molar-refractivity contribution >= 4 is 17.7 Å². The first-order chi connectivity index (χ1) is 14.6. The van der Waals surface area contributed by atoms with Crippen LogP contribution in [0.5, 0.6) is 5.75 Å². The number of methoxy groups -OCH3 is 1. The number of rotatable bonds is 6. The fourth-order valence-corrected chi connectivity index (χ4v) is 4.01. The summed E-state index contributed by atoms with van der Waals surface area (Å²) in [4.78, 5) is 42.9.